The molecule has 0 radical (unpaired) electrons. The van der Waals surface area contributed by atoms with Crippen LogP contribution in [0.15, 0.2) is 18.2 Å². The molecular formula is C16H19N3O4. The first-order chi connectivity index (χ1) is 11.1. The average molecular weight is 317 g/mol. The van der Waals surface area contributed by atoms with E-state index in [9.17, 15) is 14.4 Å². The molecule has 0 unspecified atom stereocenters. The molecule has 122 valence electrons. The molecule has 2 heterocycles. The van der Waals surface area contributed by atoms with Crippen molar-refractivity contribution >= 4 is 23.6 Å². The SMILES string of the molecule is CCOC(=O)N1CCN(C(=O)c2ccc3c(c2)CC(=O)N3)CC1. The van der Waals surface area contributed by atoms with Crippen molar-refractivity contribution in [3.63, 3.8) is 0 Å². The number of fused-ring (bicyclic) bond motifs is 1. The monoisotopic (exact) mass is 317 g/mol. The molecule has 0 bridgehead atoms. The first kappa shape index (κ1) is 15.3. The summed E-state index contributed by atoms with van der Waals surface area (Å²) in [5, 5.41) is 2.75. The van der Waals surface area contributed by atoms with E-state index in [1.807, 2.05) is 0 Å². The van der Waals surface area contributed by atoms with Crippen molar-refractivity contribution in [3.8, 4) is 0 Å². The second-order valence-electron chi connectivity index (χ2n) is 5.58. The molecule has 1 aromatic rings. The van der Waals surface area contributed by atoms with Crippen molar-refractivity contribution in [1.29, 1.82) is 0 Å². The van der Waals surface area contributed by atoms with Gasteiger partial charge in [0.15, 0.2) is 0 Å². The van der Waals surface area contributed by atoms with Crippen molar-refractivity contribution < 1.29 is 19.1 Å². The number of benzene rings is 1. The topological polar surface area (TPSA) is 79.0 Å². The van der Waals surface area contributed by atoms with Gasteiger partial charge in [-0.2, -0.15) is 0 Å². The first-order valence-corrected chi connectivity index (χ1v) is 7.72. The molecule has 0 aliphatic carbocycles. The predicted molar refractivity (Wildman–Crippen MR) is 83.3 cm³/mol. The molecule has 3 rings (SSSR count). The largest absolute Gasteiger partial charge is 0.450 e. The molecule has 7 heteroatoms. The minimum Gasteiger partial charge on any atom is -0.450 e. The number of nitrogens with zero attached hydrogens (tertiary/aromatic N) is 2. The molecule has 3 amide bonds. The third-order valence-electron chi connectivity index (χ3n) is 4.07. The fourth-order valence-electron chi connectivity index (χ4n) is 2.85. The van der Waals surface area contributed by atoms with Crippen molar-refractivity contribution in [2.45, 2.75) is 13.3 Å². The number of anilines is 1. The molecular weight excluding hydrogens is 298 g/mol. The van der Waals surface area contributed by atoms with Gasteiger partial charge in [-0.25, -0.2) is 4.79 Å². The third-order valence-corrected chi connectivity index (χ3v) is 4.07. The maximum absolute atomic E-state index is 12.6. The number of hydrogen-bond acceptors (Lipinski definition) is 4. The molecule has 2 aliphatic rings. The Morgan fingerprint density at radius 3 is 2.57 bits per heavy atom. The van der Waals surface area contributed by atoms with Crippen LogP contribution >= 0.6 is 0 Å². The second kappa shape index (κ2) is 6.28. The molecule has 0 atom stereocenters. The van der Waals surface area contributed by atoms with Gasteiger partial charge in [-0.05, 0) is 30.7 Å². The lowest BCUT2D eigenvalue weighted by atomic mass is 10.1. The van der Waals surface area contributed by atoms with Crippen LogP contribution in [-0.4, -0.2) is 60.5 Å². The number of ether oxygens (including phenoxy) is 1. The summed E-state index contributed by atoms with van der Waals surface area (Å²) >= 11 is 0. The van der Waals surface area contributed by atoms with Crippen molar-refractivity contribution in [1.82, 2.24) is 9.80 Å². The summed E-state index contributed by atoms with van der Waals surface area (Å²) in [4.78, 5) is 38.9. The van der Waals surface area contributed by atoms with Gasteiger partial charge < -0.3 is 19.9 Å². The van der Waals surface area contributed by atoms with Gasteiger partial charge in [0.05, 0.1) is 13.0 Å². The molecule has 0 spiro atoms. The number of piperazine rings is 1. The molecule has 2 aliphatic heterocycles. The number of hydrogen-bond donors (Lipinski definition) is 1. The van der Waals surface area contributed by atoms with Crippen LogP contribution in [0.1, 0.15) is 22.8 Å². The van der Waals surface area contributed by atoms with Gasteiger partial charge in [-0.3, -0.25) is 9.59 Å². The van der Waals surface area contributed by atoms with Crippen LogP contribution in [0.4, 0.5) is 10.5 Å². The Balaban J connectivity index is 1.63. The van der Waals surface area contributed by atoms with Crippen LogP contribution in [-0.2, 0) is 16.0 Å². The van der Waals surface area contributed by atoms with Gasteiger partial charge in [-0.15, -0.1) is 0 Å². The number of carbonyl (C=O) groups is 3. The van der Waals surface area contributed by atoms with Crippen molar-refractivity contribution in [2.75, 3.05) is 38.1 Å². The summed E-state index contributed by atoms with van der Waals surface area (Å²) in [5.41, 5.74) is 2.20. The van der Waals surface area contributed by atoms with E-state index >= 15 is 0 Å². The van der Waals surface area contributed by atoms with E-state index in [0.29, 0.717) is 44.8 Å². The third kappa shape index (κ3) is 3.13. The second-order valence-corrected chi connectivity index (χ2v) is 5.58. The van der Waals surface area contributed by atoms with Crippen LogP contribution in [0.2, 0.25) is 0 Å². The number of amides is 3. The summed E-state index contributed by atoms with van der Waals surface area (Å²) in [6, 6.07) is 5.26. The van der Waals surface area contributed by atoms with E-state index < -0.39 is 0 Å². The lowest BCUT2D eigenvalue weighted by molar-refractivity contribution is -0.115. The Hall–Kier alpha value is -2.57. The summed E-state index contributed by atoms with van der Waals surface area (Å²) in [6.07, 6.45) is -0.0192. The van der Waals surface area contributed by atoms with Crippen molar-refractivity contribution in [3.05, 3.63) is 29.3 Å². The molecule has 1 aromatic carbocycles. The number of nitrogens with one attached hydrogen (secondary N) is 1. The Kier molecular flexibility index (Phi) is 4.18. The van der Waals surface area contributed by atoms with Gasteiger partial charge >= 0.3 is 6.09 Å². The van der Waals surface area contributed by atoms with Gasteiger partial charge in [0.25, 0.3) is 5.91 Å². The molecule has 7 nitrogen and oxygen atoms in total. The average Bonchev–Trinajstić information content (AvgIpc) is 2.93. The van der Waals surface area contributed by atoms with E-state index in [1.165, 1.54) is 0 Å². The highest BCUT2D eigenvalue weighted by molar-refractivity contribution is 6.01. The number of carbonyl (C=O) groups excluding carboxylic acids is 3. The smallest absolute Gasteiger partial charge is 0.409 e. The summed E-state index contributed by atoms with van der Waals surface area (Å²) in [5.74, 6) is -0.122. The Labute approximate surface area is 134 Å². The van der Waals surface area contributed by atoms with Crippen LogP contribution in [0.3, 0.4) is 0 Å². The standard InChI is InChI=1S/C16H19N3O4/c1-2-23-16(22)19-7-5-18(6-8-19)15(21)11-3-4-13-12(9-11)10-14(20)17-13/h3-4,9H,2,5-8,10H2,1H3,(H,17,20). The van der Waals surface area contributed by atoms with E-state index in [0.717, 1.165) is 11.3 Å². The maximum atomic E-state index is 12.6. The molecule has 23 heavy (non-hydrogen) atoms. The Morgan fingerprint density at radius 2 is 1.87 bits per heavy atom. The highest BCUT2D eigenvalue weighted by Gasteiger charge is 2.26. The zero-order valence-electron chi connectivity index (χ0n) is 13.0. The van der Waals surface area contributed by atoms with Gasteiger partial charge in [0.2, 0.25) is 5.91 Å². The van der Waals surface area contributed by atoms with Crippen LogP contribution in [0.25, 0.3) is 0 Å². The minimum absolute atomic E-state index is 0.0485. The maximum Gasteiger partial charge on any atom is 0.409 e. The van der Waals surface area contributed by atoms with E-state index in [4.69, 9.17) is 4.74 Å². The number of rotatable bonds is 2. The minimum atomic E-state index is -0.332. The Bertz CT molecular complexity index is 651. The van der Waals surface area contributed by atoms with E-state index in [1.54, 1.807) is 34.9 Å². The highest BCUT2D eigenvalue weighted by atomic mass is 16.6. The molecule has 1 saturated heterocycles. The van der Waals surface area contributed by atoms with E-state index in [-0.39, 0.29) is 17.9 Å². The summed E-state index contributed by atoms with van der Waals surface area (Å²) in [6.45, 7) is 4.01. The first-order valence-electron chi connectivity index (χ1n) is 7.72. The van der Waals surface area contributed by atoms with Gasteiger partial charge in [0, 0.05) is 37.4 Å². The molecule has 0 aromatic heterocycles. The van der Waals surface area contributed by atoms with Crippen LogP contribution in [0.5, 0.6) is 0 Å². The quantitative estimate of drug-likeness (QED) is 0.886. The predicted octanol–water partition coefficient (Wildman–Crippen LogP) is 1.10. The fourth-order valence-corrected chi connectivity index (χ4v) is 2.85. The van der Waals surface area contributed by atoms with Crippen LogP contribution < -0.4 is 5.32 Å². The molecule has 1 fully saturated rings. The zero-order chi connectivity index (χ0) is 16.4. The summed E-state index contributed by atoms with van der Waals surface area (Å²) < 4.78 is 4.97. The zero-order valence-corrected chi connectivity index (χ0v) is 13.0. The fraction of sp³-hybridized carbons (Fsp3) is 0.438. The lowest BCUT2D eigenvalue weighted by Crippen LogP contribution is -2.50. The normalized spacial score (nSPS) is 16.8. The van der Waals surface area contributed by atoms with Crippen LogP contribution in [0, 0.1) is 0 Å². The Morgan fingerprint density at radius 1 is 1.17 bits per heavy atom. The van der Waals surface area contributed by atoms with E-state index in [2.05, 4.69) is 5.32 Å². The van der Waals surface area contributed by atoms with Gasteiger partial charge in [0.1, 0.15) is 0 Å². The lowest BCUT2D eigenvalue weighted by Gasteiger charge is -2.34. The van der Waals surface area contributed by atoms with Crippen molar-refractivity contribution in [2.24, 2.45) is 0 Å². The molecule has 1 N–H and O–H groups in total. The highest BCUT2D eigenvalue weighted by Crippen LogP contribution is 2.24. The van der Waals surface area contributed by atoms with Gasteiger partial charge in [-0.1, -0.05) is 0 Å². The molecule has 0 saturated carbocycles. The summed E-state index contributed by atoms with van der Waals surface area (Å²) in [7, 11) is 0.